The van der Waals surface area contributed by atoms with E-state index in [1.165, 1.54) is 0 Å². The number of methoxy groups -OCH3 is 1. The highest BCUT2D eigenvalue weighted by atomic mass is 16.5. The molecule has 2 rings (SSSR count). The quantitative estimate of drug-likeness (QED) is 0.796. The molecule has 0 unspecified atom stereocenters. The topological polar surface area (TPSA) is 76.9 Å². The number of rotatable bonds is 7. The second kappa shape index (κ2) is 6.85. The van der Waals surface area contributed by atoms with Gasteiger partial charge in [-0.3, -0.25) is 4.68 Å². The van der Waals surface area contributed by atoms with Gasteiger partial charge in [0, 0.05) is 45.1 Å². The molecule has 0 atom stereocenters. The Labute approximate surface area is 118 Å². The summed E-state index contributed by atoms with van der Waals surface area (Å²) in [6.07, 6.45) is 3.80. The van der Waals surface area contributed by atoms with Crippen LogP contribution in [0.25, 0.3) is 0 Å². The number of aromatic nitrogens is 4. The number of ether oxygens (including phenoxy) is 1. The van der Waals surface area contributed by atoms with Gasteiger partial charge in [0.15, 0.2) is 5.82 Å². The number of nitrogens with zero attached hydrogens (tertiary/aromatic N) is 4. The molecule has 2 aromatic rings. The first kappa shape index (κ1) is 14.3. The Morgan fingerprint density at radius 3 is 2.60 bits per heavy atom. The molecule has 20 heavy (non-hydrogen) atoms. The van der Waals surface area contributed by atoms with Crippen LogP contribution in [0.3, 0.4) is 0 Å². The third kappa shape index (κ3) is 3.92. The predicted molar refractivity (Wildman–Crippen MR) is 77.4 cm³/mol. The van der Waals surface area contributed by atoms with E-state index in [-0.39, 0.29) is 0 Å². The monoisotopic (exact) mass is 276 g/mol. The molecule has 2 N–H and O–H groups in total. The fraction of sp³-hybridized carbons (Fsp3) is 0.462. The van der Waals surface area contributed by atoms with E-state index in [1.54, 1.807) is 11.8 Å². The van der Waals surface area contributed by atoms with Crippen molar-refractivity contribution in [2.75, 3.05) is 24.3 Å². The molecule has 2 aromatic heterocycles. The summed E-state index contributed by atoms with van der Waals surface area (Å²) in [4.78, 5) is 8.78. The zero-order valence-corrected chi connectivity index (χ0v) is 12.1. The maximum atomic E-state index is 5.09. The molecule has 108 valence electrons. The van der Waals surface area contributed by atoms with Crippen molar-refractivity contribution in [3.8, 4) is 0 Å². The van der Waals surface area contributed by atoms with E-state index in [0.29, 0.717) is 19.0 Å². The van der Waals surface area contributed by atoms with Crippen LogP contribution in [0.4, 0.5) is 11.6 Å². The van der Waals surface area contributed by atoms with Gasteiger partial charge < -0.3 is 15.4 Å². The molecule has 2 heterocycles. The van der Waals surface area contributed by atoms with Crippen molar-refractivity contribution in [1.29, 1.82) is 0 Å². The minimum Gasteiger partial charge on any atom is -0.377 e. The molecule has 0 aromatic carbocycles. The third-order valence-electron chi connectivity index (χ3n) is 2.64. The molecule has 0 aliphatic carbocycles. The first-order valence-electron chi connectivity index (χ1n) is 6.53. The third-order valence-corrected chi connectivity index (χ3v) is 2.64. The molecule has 0 aliphatic heterocycles. The molecule has 0 bridgehead atoms. The van der Waals surface area contributed by atoms with E-state index < -0.39 is 0 Å². The van der Waals surface area contributed by atoms with Gasteiger partial charge in [-0.2, -0.15) is 5.10 Å². The van der Waals surface area contributed by atoms with Crippen LogP contribution in [0, 0.1) is 0 Å². The Hall–Kier alpha value is -2.15. The van der Waals surface area contributed by atoms with E-state index in [0.717, 1.165) is 23.7 Å². The van der Waals surface area contributed by atoms with Crippen LogP contribution in [0.15, 0.2) is 18.5 Å². The Morgan fingerprint density at radius 2 is 2.00 bits per heavy atom. The number of hydrogen-bond acceptors (Lipinski definition) is 6. The van der Waals surface area contributed by atoms with Gasteiger partial charge in [-0.05, 0) is 6.92 Å². The number of nitrogens with one attached hydrogen (secondary N) is 2. The van der Waals surface area contributed by atoms with Crippen molar-refractivity contribution in [1.82, 2.24) is 19.7 Å². The first-order chi connectivity index (χ1) is 9.71. The Kier molecular flexibility index (Phi) is 4.89. The number of aryl methyl sites for hydroxylation is 1. The number of anilines is 2. The van der Waals surface area contributed by atoms with Crippen molar-refractivity contribution in [2.24, 2.45) is 7.05 Å². The van der Waals surface area contributed by atoms with E-state index in [4.69, 9.17) is 4.74 Å². The van der Waals surface area contributed by atoms with Crippen LogP contribution in [-0.2, 0) is 24.9 Å². The van der Waals surface area contributed by atoms with E-state index >= 15 is 0 Å². The SMILES string of the molecule is CCNc1cc(NCc2cnn(C)c2)nc(COC)n1. The molecular formula is C13H20N6O. The maximum absolute atomic E-state index is 5.09. The van der Waals surface area contributed by atoms with Gasteiger partial charge in [0.05, 0.1) is 6.20 Å². The van der Waals surface area contributed by atoms with E-state index in [2.05, 4.69) is 25.7 Å². The molecule has 7 nitrogen and oxygen atoms in total. The summed E-state index contributed by atoms with van der Waals surface area (Å²) in [6.45, 7) is 3.90. The second-order valence-corrected chi connectivity index (χ2v) is 4.39. The van der Waals surface area contributed by atoms with Crippen LogP contribution in [0.1, 0.15) is 18.3 Å². The fourth-order valence-corrected chi connectivity index (χ4v) is 1.81. The minimum absolute atomic E-state index is 0.390. The highest BCUT2D eigenvalue weighted by Crippen LogP contribution is 2.13. The summed E-state index contributed by atoms with van der Waals surface area (Å²) < 4.78 is 6.86. The van der Waals surface area contributed by atoms with Crippen LogP contribution >= 0.6 is 0 Å². The van der Waals surface area contributed by atoms with Crippen molar-refractivity contribution < 1.29 is 4.74 Å². The lowest BCUT2D eigenvalue weighted by atomic mass is 10.3. The fourth-order valence-electron chi connectivity index (χ4n) is 1.81. The smallest absolute Gasteiger partial charge is 0.158 e. The van der Waals surface area contributed by atoms with Gasteiger partial charge in [0.1, 0.15) is 18.2 Å². The van der Waals surface area contributed by atoms with Crippen molar-refractivity contribution >= 4 is 11.6 Å². The summed E-state index contributed by atoms with van der Waals surface area (Å²) in [5.74, 6) is 2.22. The van der Waals surface area contributed by atoms with Gasteiger partial charge in [-0.25, -0.2) is 9.97 Å². The Bertz CT molecular complexity index is 529. The van der Waals surface area contributed by atoms with Gasteiger partial charge in [0.25, 0.3) is 0 Å². The highest BCUT2D eigenvalue weighted by Gasteiger charge is 2.05. The Morgan fingerprint density at radius 1 is 1.25 bits per heavy atom. The molecule has 0 fully saturated rings. The van der Waals surface area contributed by atoms with Gasteiger partial charge in [-0.1, -0.05) is 0 Å². The van der Waals surface area contributed by atoms with Gasteiger partial charge in [-0.15, -0.1) is 0 Å². The predicted octanol–water partition coefficient (Wildman–Crippen LogP) is 1.40. The molecule has 7 heteroatoms. The average molecular weight is 276 g/mol. The summed E-state index contributed by atoms with van der Waals surface area (Å²) in [6, 6.07) is 1.89. The van der Waals surface area contributed by atoms with Gasteiger partial charge in [0.2, 0.25) is 0 Å². The number of hydrogen-bond donors (Lipinski definition) is 2. The van der Waals surface area contributed by atoms with E-state index in [9.17, 15) is 0 Å². The van der Waals surface area contributed by atoms with Crippen LogP contribution in [0.2, 0.25) is 0 Å². The Balaban J connectivity index is 2.08. The lowest BCUT2D eigenvalue weighted by molar-refractivity contribution is 0.178. The normalized spacial score (nSPS) is 10.6. The van der Waals surface area contributed by atoms with Crippen LogP contribution < -0.4 is 10.6 Å². The zero-order valence-electron chi connectivity index (χ0n) is 12.1. The molecule has 0 saturated carbocycles. The van der Waals surface area contributed by atoms with Gasteiger partial charge >= 0.3 is 0 Å². The van der Waals surface area contributed by atoms with E-state index in [1.807, 2.05) is 32.4 Å². The molecule has 0 radical (unpaired) electrons. The lowest BCUT2D eigenvalue weighted by Crippen LogP contribution is -2.08. The minimum atomic E-state index is 0.390. The van der Waals surface area contributed by atoms with Crippen molar-refractivity contribution in [3.63, 3.8) is 0 Å². The van der Waals surface area contributed by atoms with Crippen molar-refractivity contribution in [3.05, 3.63) is 29.8 Å². The largest absolute Gasteiger partial charge is 0.377 e. The molecule has 0 saturated heterocycles. The summed E-state index contributed by atoms with van der Waals surface area (Å²) in [7, 11) is 3.53. The summed E-state index contributed by atoms with van der Waals surface area (Å²) in [5.41, 5.74) is 1.10. The zero-order chi connectivity index (χ0) is 14.4. The first-order valence-corrected chi connectivity index (χ1v) is 6.53. The molecular weight excluding hydrogens is 256 g/mol. The molecule has 0 spiro atoms. The second-order valence-electron chi connectivity index (χ2n) is 4.39. The standard InChI is InChI=1S/C13H20N6O/c1-4-14-11-5-12(18-13(17-11)9-20-3)15-6-10-7-16-19(2)8-10/h5,7-8H,4,6,9H2,1-3H3,(H2,14,15,17,18). The summed E-state index contributed by atoms with van der Waals surface area (Å²) >= 11 is 0. The molecule has 0 aliphatic rings. The van der Waals surface area contributed by atoms with Crippen molar-refractivity contribution in [2.45, 2.75) is 20.1 Å². The average Bonchev–Trinajstić information content (AvgIpc) is 2.83. The highest BCUT2D eigenvalue weighted by molar-refractivity contribution is 5.47. The summed E-state index contributed by atoms with van der Waals surface area (Å²) in [5, 5.41) is 10.6. The molecule has 0 amide bonds. The maximum Gasteiger partial charge on any atom is 0.158 e. The lowest BCUT2D eigenvalue weighted by Gasteiger charge is -2.09. The van der Waals surface area contributed by atoms with Crippen LogP contribution in [-0.4, -0.2) is 33.4 Å². The van der Waals surface area contributed by atoms with Crippen LogP contribution in [0.5, 0.6) is 0 Å².